The Morgan fingerprint density at radius 2 is 1.88 bits per heavy atom. The van der Waals surface area contributed by atoms with Crippen LogP contribution < -0.4 is 9.97 Å². The number of rotatable bonds is 3. The van der Waals surface area contributed by atoms with Crippen molar-refractivity contribution in [1.29, 1.82) is 0 Å². The third-order valence-corrected chi connectivity index (χ3v) is 2.05. The van der Waals surface area contributed by atoms with E-state index < -0.39 is 12.7 Å². The van der Waals surface area contributed by atoms with E-state index in [9.17, 15) is 4.79 Å². The second-order valence-electron chi connectivity index (χ2n) is 4.64. The van der Waals surface area contributed by atoms with Gasteiger partial charge < -0.3 is 20.0 Å². The standard InChI is InChI=1S/C11H16BNO4/c1-11(2,3)10(14)13-8-6-4-5-7-9(8)17-12(15)16/h4-7,15-16H,1-3H3,(H,13,14). The number of benzene rings is 1. The van der Waals surface area contributed by atoms with Crippen LogP contribution in [0.25, 0.3) is 0 Å². The van der Waals surface area contributed by atoms with E-state index in [0.29, 0.717) is 5.69 Å². The summed E-state index contributed by atoms with van der Waals surface area (Å²) in [4.78, 5) is 11.8. The quantitative estimate of drug-likeness (QED) is 0.685. The normalized spacial score (nSPS) is 10.9. The van der Waals surface area contributed by atoms with Crippen LogP contribution in [-0.4, -0.2) is 23.3 Å². The predicted molar refractivity (Wildman–Crippen MR) is 65.3 cm³/mol. The van der Waals surface area contributed by atoms with Crippen molar-refractivity contribution in [1.82, 2.24) is 0 Å². The van der Waals surface area contributed by atoms with Gasteiger partial charge in [0.05, 0.1) is 5.69 Å². The van der Waals surface area contributed by atoms with Crippen LogP contribution in [0.2, 0.25) is 0 Å². The first-order chi connectivity index (χ1) is 7.80. The molecule has 0 heterocycles. The smallest absolute Gasteiger partial charge is 0.510 e. The number of carbonyl (C=O) groups is 1. The van der Waals surface area contributed by atoms with Crippen LogP contribution in [0.15, 0.2) is 24.3 Å². The number of carbonyl (C=O) groups excluding carboxylic acids is 1. The Morgan fingerprint density at radius 1 is 1.29 bits per heavy atom. The molecule has 0 unspecified atom stereocenters. The van der Waals surface area contributed by atoms with E-state index in [1.54, 1.807) is 39.0 Å². The Hall–Kier alpha value is -1.53. The van der Waals surface area contributed by atoms with Gasteiger partial charge in [-0.1, -0.05) is 32.9 Å². The average molecular weight is 237 g/mol. The molecule has 0 saturated heterocycles. The largest absolute Gasteiger partial charge is 0.707 e. The van der Waals surface area contributed by atoms with Crippen LogP contribution in [0.1, 0.15) is 20.8 Å². The van der Waals surface area contributed by atoms with E-state index in [0.717, 1.165) is 0 Å². The lowest BCUT2D eigenvalue weighted by Crippen LogP contribution is -2.28. The van der Waals surface area contributed by atoms with Gasteiger partial charge in [-0.05, 0) is 12.1 Å². The van der Waals surface area contributed by atoms with Crippen molar-refractivity contribution in [2.24, 2.45) is 5.41 Å². The van der Waals surface area contributed by atoms with Gasteiger partial charge in [-0.15, -0.1) is 0 Å². The molecule has 0 fully saturated rings. The van der Waals surface area contributed by atoms with Gasteiger partial charge in [0.15, 0.2) is 0 Å². The maximum absolute atomic E-state index is 11.8. The van der Waals surface area contributed by atoms with Crippen molar-refractivity contribution in [2.45, 2.75) is 20.8 Å². The van der Waals surface area contributed by atoms with E-state index in [1.807, 2.05) is 0 Å². The zero-order valence-electron chi connectivity index (χ0n) is 10.1. The average Bonchev–Trinajstić information content (AvgIpc) is 2.18. The monoisotopic (exact) mass is 237 g/mol. The molecule has 1 aromatic carbocycles. The van der Waals surface area contributed by atoms with Gasteiger partial charge in [0.1, 0.15) is 5.75 Å². The van der Waals surface area contributed by atoms with E-state index in [1.165, 1.54) is 6.07 Å². The van der Waals surface area contributed by atoms with Gasteiger partial charge >= 0.3 is 7.32 Å². The van der Waals surface area contributed by atoms with Crippen molar-refractivity contribution in [3.8, 4) is 5.75 Å². The molecule has 0 aliphatic heterocycles. The predicted octanol–water partition coefficient (Wildman–Crippen LogP) is 1.02. The highest BCUT2D eigenvalue weighted by Gasteiger charge is 2.23. The Kier molecular flexibility index (Phi) is 4.14. The number of nitrogens with one attached hydrogen (secondary N) is 1. The highest BCUT2D eigenvalue weighted by molar-refractivity contribution is 6.34. The summed E-state index contributed by atoms with van der Waals surface area (Å²) in [7, 11) is -1.91. The molecule has 0 atom stereocenters. The fourth-order valence-corrected chi connectivity index (χ4v) is 1.10. The molecule has 0 aliphatic rings. The first-order valence-electron chi connectivity index (χ1n) is 5.24. The fraction of sp³-hybridized carbons (Fsp3) is 0.364. The molecule has 0 radical (unpaired) electrons. The van der Waals surface area contributed by atoms with E-state index >= 15 is 0 Å². The molecular weight excluding hydrogens is 221 g/mol. The Bertz CT molecular complexity index is 401. The molecular formula is C11H16BNO4. The lowest BCUT2D eigenvalue weighted by Gasteiger charge is -2.19. The van der Waals surface area contributed by atoms with E-state index in [4.69, 9.17) is 14.7 Å². The van der Waals surface area contributed by atoms with Gasteiger partial charge in [-0.2, -0.15) is 0 Å². The molecule has 92 valence electrons. The number of para-hydroxylation sites is 2. The molecule has 1 rings (SSSR count). The zero-order valence-corrected chi connectivity index (χ0v) is 10.1. The summed E-state index contributed by atoms with van der Waals surface area (Å²) < 4.78 is 4.76. The SMILES string of the molecule is CC(C)(C)C(=O)Nc1ccccc1OB(O)O. The van der Waals surface area contributed by atoms with Crippen molar-refractivity contribution in [3.05, 3.63) is 24.3 Å². The van der Waals surface area contributed by atoms with Crippen LogP contribution in [0.4, 0.5) is 5.69 Å². The zero-order chi connectivity index (χ0) is 13.1. The van der Waals surface area contributed by atoms with E-state index in [-0.39, 0.29) is 11.7 Å². The van der Waals surface area contributed by atoms with Crippen LogP contribution in [0, 0.1) is 5.41 Å². The van der Waals surface area contributed by atoms with Crippen LogP contribution in [0.5, 0.6) is 5.75 Å². The molecule has 0 spiro atoms. The van der Waals surface area contributed by atoms with Gasteiger partial charge in [-0.3, -0.25) is 4.79 Å². The van der Waals surface area contributed by atoms with Crippen LogP contribution in [0.3, 0.4) is 0 Å². The molecule has 0 aromatic heterocycles. The maximum Gasteiger partial charge on any atom is 0.707 e. The minimum atomic E-state index is -1.91. The third kappa shape index (κ3) is 4.09. The molecule has 1 aromatic rings. The second-order valence-corrected chi connectivity index (χ2v) is 4.64. The van der Waals surface area contributed by atoms with Crippen LogP contribution in [-0.2, 0) is 4.79 Å². The molecule has 17 heavy (non-hydrogen) atoms. The number of amides is 1. The van der Waals surface area contributed by atoms with Crippen molar-refractivity contribution in [2.75, 3.05) is 5.32 Å². The number of hydrogen-bond acceptors (Lipinski definition) is 4. The van der Waals surface area contributed by atoms with Gasteiger partial charge in [0.25, 0.3) is 0 Å². The maximum atomic E-state index is 11.8. The first-order valence-corrected chi connectivity index (χ1v) is 5.24. The fourth-order valence-electron chi connectivity index (χ4n) is 1.10. The molecule has 3 N–H and O–H groups in total. The lowest BCUT2D eigenvalue weighted by molar-refractivity contribution is -0.123. The van der Waals surface area contributed by atoms with Gasteiger partial charge in [-0.25, -0.2) is 0 Å². The summed E-state index contributed by atoms with van der Waals surface area (Å²) in [5.74, 6) is 0.0288. The Labute approximate surface area is 101 Å². The summed E-state index contributed by atoms with van der Waals surface area (Å²) in [6, 6.07) is 6.55. The molecule has 0 aliphatic carbocycles. The van der Waals surface area contributed by atoms with Crippen LogP contribution >= 0.6 is 0 Å². The summed E-state index contributed by atoms with van der Waals surface area (Å²) in [5.41, 5.74) is -0.133. The first kappa shape index (κ1) is 13.5. The summed E-state index contributed by atoms with van der Waals surface area (Å²) in [6.45, 7) is 5.35. The second kappa shape index (κ2) is 5.20. The van der Waals surface area contributed by atoms with Crippen molar-refractivity contribution in [3.63, 3.8) is 0 Å². The minimum Gasteiger partial charge on any atom is -0.510 e. The van der Waals surface area contributed by atoms with Crippen molar-refractivity contribution < 1.29 is 19.5 Å². The Morgan fingerprint density at radius 3 is 2.41 bits per heavy atom. The highest BCUT2D eigenvalue weighted by Crippen LogP contribution is 2.26. The van der Waals surface area contributed by atoms with Crippen molar-refractivity contribution >= 4 is 18.9 Å². The number of anilines is 1. The summed E-state index contributed by atoms with van der Waals surface area (Å²) >= 11 is 0. The summed E-state index contributed by atoms with van der Waals surface area (Å²) in [6.07, 6.45) is 0. The highest BCUT2D eigenvalue weighted by atomic mass is 16.6. The number of hydrogen-bond donors (Lipinski definition) is 3. The topological polar surface area (TPSA) is 78.8 Å². The third-order valence-electron chi connectivity index (χ3n) is 2.05. The lowest BCUT2D eigenvalue weighted by atomic mass is 9.95. The van der Waals surface area contributed by atoms with Gasteiger partial charge in [0, 0.05) is 5.41 Å². The molecule has 0 bridgehead atoms. The minimum absolute atomic E-state index is 0.180. The molecule has 5 nitrogen and oxygen atoms in total. The molecule has 1 amide bonds. The van der Waals surface area contributed by atoms with E-state index in [2.05, 4.69) is 5.32 Å². The molecule has 6 heteroatoms. The Balaban J connectivity index is 2.87. The summed E-state index contributed by atoms with van der Waals surface area (Å²) in [5, 5.41) is 20.2. The molecule has 0 saturated carbocycles. The van der Waals surface area contributed by atoms with Gasteiger partial charge in [0.2, 0.25) is 5.91 Å².